The van der Waals surface area contributed by atoms with Crippen LogP contribution in [0.5, 0.6) is 11.6 Å². The number of likely N-dealkylation sites (tertiary alicyclic amines) is 2. The smallest absolute Gasteiger partial charge is 0.303 e. The van der Waals surface area contributed by atoms with Crippen molar-refractivity contribution < 1.29 is 19.4 Å². The predicted molar refractivity (Wildman–Crippen MR) is 175 cm³/mol. The molecule has 0 saturated carbocycles. The van der Waals surface area contributed by atoms with Crippen molar-refractivity contribution in [3.05, 3.63) is 58.3 Å². The third-order valence-corrected chi connectivity index (χ3v) is 9.47. The van der Waals surface area contributed by atoms with Crippen molar-refractivity contribution in [1.29, 1.82) is 0 Å². The van der Waals surface area contributed by atoms with Gasteiger partial charge in [-0.2, -0.15) is 0 Å². The number of pyridine rings is 1. The second kappa shape index (κ2) is 14.1. The maximum atomic E-state index is 11.9. The number of carbonyl (C=O) groups is 2. The third-order valence-electron chi connectivity index (χ3n) is 9.04. The summed E-state index contributed by atoms with van der Waals surface area (Å²) in [6, 6.07) is 9.25. The molecule has 1 aromatic carbocycles. The number of carboxylic acid groups (broad SMARTS) is 1. The standard InChI is InChI=1S/C32H36Cl2N6O4.ClH/c1-21(41)39-8-4-32(19-39)5-9-40(20-32)31-35-16-27(17-36-31)44-29-11-23(18-38-6-2-22(3-7-38)12-30(42)43)10-28(37-29)24-13-25(33)15-26(34)14-24;/h10-11,13-17,22H,2-9,12,18-20H2,1H3,(H,42,43);1H. The average molecular weight is 676 g/mol. The number of ether oxygens (including phenoxy) is 1. The van der Waals surface area contributed by atoms with E-state index < -0.39 is 5.97 Å². The lowest BCUT2D eigenvalue weighted by molar-refractivity contribution is -0.138. The molecule has 5 heterocycles. The highest BCUT2D eigenvalue weighted by Crippen LogP contribution is 2.40. The Morgan fingerprint density at radius 1 is 0.978 bits per heavy atom. The van der Waals surface area contributed by atoms with Crippen LogP contribution < -0.4 is 9.64 Å². The summed E-state index contributed by atoms with van der Waals surface area (Å²) in [5, 5.41) is 10.2. The van der Waals surface area contributed by atoms with Crippen LogP contribution in [0.3, 0.4) is 0 Å². The first-order chi connectivity index (χ1) is 21.1. The molecule has 2 aromatic heterocycles. The Hall–Kier alpha value is -3.18. The summed E-state index contributed by atoms with van der Waals surface area (Å²) in [7, 11) is 0. The lowest BCUT2D eigenvalue weighted by atomic mass is 9.86. The number of halogens is 3. The van der Waals surface area contributed by atoms with Gasteiger partial charge in [-0.25, -0.2) is 15.0 Å². The molecule has 1 unspecified atom stereocenters. The van der Waals surface area contributed by atoms with Gasteiger partial charge in [0.05, 0.1) is 18.1 Å². The van der Waals surface area contributed by atoms with Crippen molar-refractivity contribution >= 4 is 53.4 Å². The summed E-state index contributed by atoms with van der Waals surface area (Å²) in [6.45, 7) is 7.26. The minimum Gasteiger partial charge on any atom is -0.481 e. The first-order valence-electron chi connectivity index (χ1n) is 15.0. The summed E-state index contributed by atoms with van der Waals surface area (Å²) in [6.07, 6.45) is 7.29. The predicted octanol–water partition coefficient (Wildman–Crippen LogP) is 6.19. The number of carbonyl (C=O) groups excluding carboxylic acids is 1. The number of hydrogen-bond acceptors (Lipinski definition) is 8. The molecule has 1 spiro atoms. The zero-order valence-electron chi connectivity index (χ0n) is 25.1. The normalized spacial score (nSPS) is 20.4. The van der Waals surface area contributed by atoms with E-state index in [1.807, 2.05) is 29.2 Å². The fourth-order valence-corrected chi connectivity index (χ4v) is 7.22. The van der Waals surface area contributed by atoms with E-state index in [-0.39, 0.29) is 36.1 Å². The van der Waals surface area contributed by atoms with Crippen LogP contribution in [0.4, 0.5) is 5.95 Å². The quantitative estimate of drug-likeness (QED) is 0.299. The third kappa shape index (κ3) is 8.16. The number of aliphatic carboxylic acids is 1. The van der Waals surface area contributed by atoms with Crippen LogP contribution in [0, 0.1) is 11.3 Å². The van der Waals surface area contributed by atoms with Gasteiger partial charge < -0.3 is 19.6 Å². The van der Waals surface area contributed by atoms with Gasteiger partial charge in [0.25, 0.3) is 0 Å². The molecule has 3 aromatic rings. The molecule has 0 bridgehead atoms. The van der Waals surface area contributed by atoms with Crippen LogP contribution >= 0.6 is 35.6 Å². The largest absolute Gasteiger partial charge is 0.481 e. The number of rotatable bonds is 8. The Kier molecular flexibility index (Phi) is 10.4. The summed E-state index contributed by atoms with van der Waals surface area (Å²) in [4.78, 5) is 43.4. The van der Waals surface area contributed by atoms with Gasteiger partial charge in [0.15, 0.2) is 5.75 Å². The second-order valence-electron chi connectivity index (χ2n) is 12.4. The van der Waals surface area contributed by atoms with Crippen LogP contribution in [-0.2, 0) is 16.1 Å². The number of anilines is 1. The van der Waals surface area contributed by atoms with E-state index in [1.165, 1.54) is 0 Å². The van der Waals surface area contributed by atoms with Crippen LogP contribution in [0.2, 0.25) is 10.0 Å². The van der Waals surface area contributed by atoms with Gasteiger partial charge in [-0.05, 0) is 74.5 Å². The van der Waals surface area contributed by atoms with E-state index in [2.05, 4.69) is 19.8 Å². The van der Waals surface area contributed by atoms with Gasteiger partial charge in [-0.15, -0.1) is 12.4 Å². The maximum Gasteiger partial charge on any atom is 0.303 e. The molecule has 3 saturated heterocycles. The van der Waals surface area contributed by atoms with Crippen LogP contribution in [-0.4, -0.2) is 81.0 Å². The monoisotopic (exact) mass is 674 g/mol. The molecule has 3 aliphatic heterocycles. The topological polar surface area (TPSA) is 112 Å². The van der Waals surface area contributed by atoms with Crippen molar-refractivity contribution in [2.75, 3.05) is 44.2 Å². The Morgan fingerprint density at radius 2 is 1.67 bits per heavy atom. The van der Waals surface area contributed by atoms with Crippen LogP contribution in [0.15, 0.2) is 42.7 Å². The number of carboxylic acids is 1. The van der Waals surface area contributed by atoms with E-state index in [0.29, 0.717) is 39.9 Å². The molecule has 45 heavy (non-hydrogen) atoms. The number of amides is 1. The minimum absolute atomic E-state index is 0. The number of aromatic nitrogens is 3. The molecule has 1 amide bonds. The first-order valence-corrected chi connectivity index (χ1v) is 15.8. The Balaban J connectivity index is 0.00000400. The fraction of sp³-hybridized carbons (Fsp3) is 0.469. The molecule has 0 radical (unpaired) electrons. The van der Waals surface area contributed by atoms with Crippen molar-refractivity contribution in [2.45, 2.75) is 45.6 Å². The molecular weight excluding hydrogens is 639 g/mol. The Morgan fingerprint density at radius 3 is 2.31 bits per heavy atom. The molecule has 13 heteroatoms. The molecule has 1 N–H and O–H groups in total. The van der Waals surface area contributed by atoms with Crippen LogP contribution in [0.1, 0.15) is 44.6 Å². The van der Waals surface area contributed by atoms with Crippen molar-refractivity contribution in [3.8, 4) is 22.9 Å². The number of hydrogen-bond donors (Lipinski definition) is 1. The van der Waals surface area contributed by atoms with Crippen molar-refractivity contribution in [1.82, 2.24) is 24.8 Å². The highest BCUT2D eigenvalue weighted by molar-refractivity contribution is 6.35. The molecule has 0 aliphatic carbocycles. The minimum atomic E-state index is -0.736. The Labute approximate surface area is 279 Å². The highest BCUT2D eigenvalue weighted by atomic mass is 35.5. The van der Waals surface area contributed by atoms with E-state index in [4.69, 9.17) is 38.0 Å². The molecule has 240 valence electrons. The zero-order valence-corrected chi connectivity index (χ0v) is 27.5. The lowest BCUT2D eigenvalue weighted by Gasteiger charge is -2.31. The van der Waals surface area contributed by atoms with Crippen LogP contribution in [0.25, 0.3) is 11.3 Å². The number of benzene rings is 1. The van der Waals surface area contributed by atoms with Gasteiger partial charge >= 0.3 is 5.97 Å². The first kappa shape index (κ1) is 33.2. The number of piperidine rings is 1. The van der Waals surface area contributed by atoms with Crippen molar-refractivity contribution in [3.63, 3.8) is 0 Å². The summed E-state index contributed by atoms with van der Waals surface area (Å²) < 4.78 is 6.19. The highest BCUT2D eigenvalue weighted by Gasteiger charge is 2.44. The summed E-state index contributed by atoms with van der Waals surface area (Å²) >= 11 is 12.6. The lowest BCUT2D eigenvalue weighted by Crippen LogP contribution is -2.33. The molecule has 3 aliphatic rings. The van der Waals surface area contributed by atoms with E-state index in [9.17, 15) is 9.59 Å². The number of nitrogens with zero attached hydrogens (tertiary/aromatic N) is 6. The van der Waals surface area contributed by atoms with E-state index in [0.717, 1.165) is 76.1 Å². The molecule has 6 rings (SSSR count). The van der Waals surface area contributed by atoms with Gasteiger partial charge in [0.2, 0.25) is 17.7 Å². The van der Waals surface area contributed by atoms with Gasteiger partial charge in [0, 0.05) is 73.2 Å². The summed E-state index contributed by atoms with van der Waals surface area (Å²) in [5.74, 6) is 1.14. The Bertz CT molecular complexity index is 1520. The SMILES string of the molecule is CC(=O)N1CCC2(CCN(c3ncc(Oc4cc(CN5CCC(CC(=O)O)CC5)cc(-c5cc(Cl)cc(Cl)c5)n4)cn3)C2)C1.Cl. The molecular formula is C32H37Cl3N6O4. The maximum absolute atomic E-state index is 11.9. The van der Waals surface area contributed by atoms with E-state index in [1.54, 1.807) is 25.4 Å². The zero-order chi connectivity index (χ0) is 30.8. The van der Waals surface area contributed by atoms with Gasteiger partial charge in [-0.1, -0.05) is 23.2 Å². The molecule has 3 fully saturated rings. The van der Waals surface area contributed by atoms with Gasteiger partial charge in [-0.3, -0.25) is 14.5 Å². The van der Waals surface area contributed by atoms with E-state index >= 15 is 0 Å². The fourth-order valence-electron chi connectivity index (χ4n) is 6.70. The van der Waals surface area contributed by atoms with Gasteiger partial charge in [0.1, 0.15) is 0 Å². The average Bonchev–Trinajstić information content (AvgIpc) is 3.60. The molecule has 10 nitrogen and oxygen atoms in total. The summed E-state index contributed by atoms with van der Waals surface area (Å²) in [5.41, 5.74) is 2.58. The molecule has 1 atom stereocenters. The van der Waals surface area contributed by atoms with Crippen molar-refractivity contribution in [2.24, 2.45) is 11.3 Å². The second-order valence-corrected chi connectivity index (χ2v) is 13.2.